The van der Waals surface area contributed by atoms with Crippen molar-refractivity contribution in [3.63, 3.8) is 0 Å². The lowest BCUT2D eigenvalue weighted by atomic mass is 9.89. The smallest absolute Gasteiger partial charge is 0.137 e. The normalized spacial score (nSPS) is 17.6. The predicted molar refractivity (Wildman–Crippen MR) is 75.2 cm³/mol. The summed E-state index contributed by atoms with van der Waals surface area (Å²) >= 11 is 6.18. The van der Waals surface area contributed by atoms with E-state index in [0.717, 1.165) is 5.56 Å². The summed E-state index contributed by atoms with van der Waals surface area (Å²) in [7, 11) is 3.78. The molecule has 0 aromatic heterocycles. The molecule has 0 aliphatic heterocycles. The zero-order valence-corrected chi connectivity index (χ0v) is 11.8. The average Bonchev–Trinajstić information content (AvgIpc) is 2.28. The third-order valence-corrected chi connectivity index (χ3v) is 4.22. The number of ether oxygens (including phenoxy) is 1. The summed E-state index contributed by atoms with van der Waals surface area (Å²) in [6, 6.07) is 6.83. The Morgan fingerprint density at radius 2 is 2.22 bits per heavy atom. The highest BCUT2D eigenvalue weighted by Gasteiger charge is 2.27. The van der Waals surface area contributed by atoms with Gasteiger partial charge in [0, 0.05) is 18.6 Å². The van der Waals surface area contributed by atoms with Gasteiger partial charge in [-0.1, -0.05) is 24.1 Å². The van der Waals surface area contributed by atoms with Crippen molar-refractivity contribution in [2.45, 2.75) is 31.3 Å². The number of rotatable bonds is 5. The molecule has 0 heterocycles. The summed E-state index contributed by atoms with van der Waals surface area (Å²) in [5.74, 6) is 0.711. The van der Waals surface area contributed by atoms with Crippen LogP contribution in [0.25, 0.3) is 0 Å². The molecule has 0 bridgehead atoms. The Labute approximate surface area is 114 Å². The molecular formula is C14H21ClN2O. The monoisotopic (exact) mass is 268 g/mol. The third-order valence-electron chi connectivity index (χ3n) is 3.93. The molecule has 1 aromatic carbocycles. The van der Waals surface area contributed by atoms with Crippen molar-refractivity contribution in [1.29, 1.82) is 0 Å². The summed E-state index contributed by atoms with van der Waals surface area (Å²) in [4.78, 5) is 2.38. The van der Waals surface area contributed by atoms with Gasteiger partial charge in [0.15, 0.2) is 0 Å². The lowest BCUT2D eigenvalue weighted by Gasteiger charge is -2.40. The first-order valence-corrected chi connectivity index (χ1v) is 6.80. The zero-order chi connectivity index (χ0) is 13.1. The van der Waals surface area contributed by atoms with Gasteiger partial charge in [-0.05, 0) is 37.6 Å². The highest BCUT2D eigenvalue weighted by atomic mass is 35.5. The Kier molecular flexibility index (Phi) is 4.49. The molecule has 1 aromatic rings. The number of likely N-dealkylation sites (N-methyl/N-ethyl adjacent to an activating group) is 1. The van der Waals surface area contributed by atoms with Crippen molar-refractivity contribution in [2.24, 2.45) is 5.73 Å². The van der Waals surface area contributed by atoms with E-state index in [0.29, 0.717) is 23.4 Å². The number of methoxy groups -OCH3 is 1. The Morgan fingerprint density at radius 1 is 1.50 bits per heavy atom. The first kappa shape index (κ1) is 13.7. The molecule has 1 unspecified atom stereocenters. The minimum atomic E-state index is 0.235. The van der Waals surface area contributed by atoms with Crippen molar-refractivity contribution < 1.29 is 4.74 Å². The van der Waals surface area contributed by atoms with E-state index in [1.807, 2.05) is 12.1 Å². The van der Waals surface area contributed by atoms with Gasteiger partial charge in [-0.15, -0.1) is 0 Å². The van der Waals surface area contributed by atoms with Gasteiger partial charge in [0.05, 0.1) is 12.1 Å². The van der Waals surface area contributed by atoms with E-state index in [1.54, 1.807) is 7.11 Å². The van der Waals surface area contributed by atoms with Crippen LogP contribution in [0.5, 0.6) is 5.75 Å². The van der Waals surface area contributed by atoms with Crippen LogP contribution < -0.4 is 10.5 Å². The molecule has 2 N–H and O–H groups in total. The van der Waals surface area contributed by atoms with Gasteiger partial charge in [0.25, 0.3) is 0 Å². The third kappa shape index (κ3) is 2.63. The van der Waals surface area contributed by atoms with E-state index < -0.39 is 0 Å². The highest BCUT2D eigenvalue weighted by Crippen LogP contribution is 2.33. The molecule has 0 saturated heterocycles. The second kappa shape index (κ2) is 5.91. The van der Waals surface area contributed by atoms with Crippen molar-refractivity contribution in [2.75, 3.05) is 20.7 Å². The summed E-state index contributed by atoms with van der Waals surface area (Å²) in [6.07, 6.45) is 3.88. The molecule has 1 fully saturated rings. The second-order valence-corrected chi connectivity index (χ2v) is 5.30. The molecule has 18 heavy (non-hydrogen) atoms. The molecule has 100 valence electrons. The van der Waals surface area contributed by atoms with Crippen molar-refractivity contribution >= 4 is 11.6 Å². The lowest BCUT2D eigenvalue weighted by Crippen LogP contribution is -2.42. The highest BCUT2D eigenvalue weighted by molar-refractivity contribution is 6.32. The maximum atomic E-state index is 6.18. The topological polar surface area (TPSA) is 38.5 Å². The molecule has 1 atom stereocenters. The molecule has 3 nitrogen and oxygen atoms in total. The number of hydrogen-bond acceptors (Lipinski definition) is 3. The number of hydrogen-bond donors (Lipinski definition) is 1. The van der Waals surface area contributed by atoms with Crippen LogP contribution in [0.15, 0.2) is 18.2 Å². The molecule has 0 spiro atoms. The lowest BCUT2D eigenvalue weighted by molar-refractivity contribution is 0.113. The quantitative estimate of drug-likeness (QED) is 0.892. The molecule has 1 saturated carbocycles. The summed E-state index contributed by atoms with van der Waals surface area (Å²) in [5, 5.41) is 0.649. The number of benzene rings is 1. The van der Waals surface area contributed by atoms with Gasteiger partial charge < -0.3 is 10.5 Å². The Balaban J connectivity index is 2.18. The molecule has 2 rings (SSSR count). The van der Waals surface area contributed by atoms with Gasteiger partial charge in [0.2, 0.25) is 0 Å². The Hall–Kier alpha value is -0.770. The SMILES string of the molecule is COc1ccc(C(CN)N(C)C2CCC2)cc1Cl. The Morgan fingerprint density at radius 3 is 2.67 bits per heavy atom. The fraction of sp³-hybridized carbons (Fsp3) is 0.571. The van der Waals surface area contributed by atoms with Crippen LogP contribution in [0.2, 0.25) is 5.02 Å². The van der Waals surface area contributed by atoms with E-state index in [1.165, 1.54) is 19.3 Å². The molecule has 4 heteroatoms. The van der Waals surface area contributed by atoms with Crippen LogP contribution in [-0.4, -0.2) is 31.6 Å². The molecular weight excluding hydrogens is 248 g/mol. The molecule has 0 amide bonds. The number of nitrogens with two attached hydrogens (primary N) is 1. The van der Waals surface area contributed by atoms with Gasteiger partial charge >= 0.3 is 0 Å². The predicted octanol–water partition coefficient (Wildman–Crippen LogP) is 2.83. The summed E-state index contributed by atoms with van der Waals surface area (Å²) < 4.78 is 5.18. The van der Waals surface area contributed by atoms with Crippen molar-refractivity contribution in [1.82, 2.24) is 4.90 Å². The standard InChI is InChI=1S/C14H21ClN2O/c1-17(11-4-3-5-11)13(9-16)10-6-7-14(18-2)12(15)8-10/h6-8,11,13H,3-5,9,16H2,1-2H3. The van der Waals surface area contributed by atoms with E-state index in [9.17, 15) is 0 Å². The van der Waals surface area contributed by atoms with E-state index in [-0.39, 0.29) is 6.04 Å². The first-order chi connectivity index (χ1) is 8.67. The molecule has 1 aliphatic rings. The van der Waals surface area contributed by atoms with Crippen LogP contribution >= 0.6 is 11.6 Å². The largest absolute Gasteiger partial charge is 0.495 e. The molecule has 0 radical (unpaired) electrons. The summed E-state index contributed by atoms with van der Waals surface area (Å²) in [6.45, 7) is 0.607. The minimum Gasteiger partial charge on any atom is -0.495 e. The first-order valence-electron chi connectivity index (χ1n) is 6.42. The summed E-state index contributed by atoms with van der Waals surface area (Å²) in [5.41, 5.74) is 7.09. The van der Waals surface area contributed by atoms with Gasteiger partial charge in [-0.3, -0.25) is 4.90 Å². The van der Waals surface area contributed by atoms with Crippen LogP contribution in [-0.2, 0) is 0 Å². The van der Waals surface area contributed by atoms with Crippen LogP contribution in [0.1, 0.15) is 30.9 Å². The minimum absolute atomic E-state index is 0.235. The van der Waals surface area contributed by atoms with E-state index in [2.05, 4.69) is 18.0 Å². The van der Waals surface area contributed by atoms with Crippen molar-refractivity contribution in [3.8, 4) is 5.75 Å². The maximum Gasteiger partial charge on any atom is 0.137 e. The fourth-order valence-corrected chi connectivity index (χ4v) is 2.74. The van der Waals surface area contributed by atoms with Gasteiger partial charge in [-0.2, -0.15) is 0 Å². The van der Waals surface area contributed by atoms with E-state index in [4.69, 9.17) is 22.1 Å². The van der Waals surface area contributed by atoms with Gasteiger partial charge in [0.1, 0.15) is 5.75 Å². The van der Waals surface area contributed by atoms with Crippen molar-refractivity contribution in [3.05, 3.63) is 28.8 Å². The van der Waals surface area contributed by atoms with Crippen LogP contribution in [0, 0.1) is 0 Å². The van der Waals surface area contributed by atoms with Crippen LogP contribution in [0.4, 0.5) is 0 Å². The van der Waals surface area contributed by atoms with E-state index >= 15 is 0 Å². The maximum absolute atomic E-state index is 6.18. The number of halogens is 1. The van der Waals surface area contributed by atoms with Gasteiger partial charge in [-0.25, -0.2) is 0 Å². The molecule has 1 aliphatic carbocycles. The second-order valence-electron chi connectivity index (χ2n) is 4.90. The zero-order valence-electron chi connectivity index (χ0n) is 11.0. The Bertz CT molecular complexity index is 407. The fourth-order valence-electron chi connectivity index (χ4n) is 2.48. The average molecular weight is 269 g/mol. The number of nitrogens with zero attached hydrogens (tertiary/aromatic N) is 1. The van der Waals surface area contributed by atoms with Crippen LogP contribution in [0.3, 0.4) is 0 Å².